The van der Waals surface area contributed by atoms with Gasteiger partial charge >= 0.3 is 5.97 Å². The van der Waals surface area contributed by atoms with Gasteiger partial charge < -0.3 is 9.84 Å². The maximum Gasteiger partial charge on any atom is 0.305 e. The summed E-state index contributed by atoms with van der Waals surface area (Å²) in [6, 6.07) is 9.15. The number of hydrogen-bond donors (Lipinski definition) is 1. The number of carbonyl (C=O) groups is 1. The molecule has 1 heterocycles. The second kappa shape index (κ2) is 5.49. The minimum absolute atomic E-state index is 0.183. The maximum atomic E-state index is 11.0. The highest BCUT2D eigenvalue weighted by Gasteiger charge is 2.04. The highest BCUT2D eigenvalue weighted by molar-refractivity contribution is 5.84. The molecule has 0 aliphatic heterocycles. The molecule has 0 saturated carbocycles. The quantitative estimate of drug-likeness (QED) is 0.840. The molecule has 0 aliphatic carbocycles. The van der Waals surface area contributed by atoms with Crippen molar-refractivity contribution in [3.63, 3.8) is 0 Å². The van der Waals surface area contributed by atoms with Gasteiger partial charge in [0.2, 0.25) is 0 Å². The Kier molecular flexibility index (Phi) is 3.77. The van der Waals surface area contributed by atoms with E-state index in [9.17, 15) is 9.90 Å². The number of carbonyl (C=O) groups excluding carboxylic acids is 1. The number of fused-ring (bicyclic) bond motifs is 1. The first-order valence-corrected chi connectivity index (χ1v) is 5.85. The lowest BCUT2D eigenvalue weighted by Gasteiger charge is -2.04. The molecule has 18 heavy (non-hydrogen) atoms. The van der Waals surface area contributed by atoms with Crippen molar-refractivity contribution in [2.75, 3.05) is 7.11 Å². The van der Waals surface area contributed by atoms with Gasteiger partial charge in [-0.15, -0.1) is 0 Å². The van der Waals surface area contributed by atoms with E-state index in [-0.39, 0.29) is 11.7 Å². The Morgan fingerprint density at radius 2 is 2.17 bits per heavy atom. The Balaban J connectivity index is 2.10. The van der Waals surface area contributed by atoms with E-state index in [1.807, 2.05) is 18.2 Å². The topological polar surface area (TPSA) is 59.4 Å². The second-order valence-corrected chi connectivity index (χ2v) is 4.08. The van der Waals surface area contributed by atoms with Gasteiger partial charge in [-0.05, 0) is 25.0 Å². The molecule has 0 radical (unpaired) electrons. The fourth-order valence-corrected chi connectivity index (χ4v) is 1.83. The number of esters is 1. The van der Waals surface area contributed by atoms with Crippen molar-refractivity contribution in [3.8, 4) is 5.75 Å². The number of para-hydroxylation sites is 1. The zero-order chi connectivity index (χ0) is 13.0. The molecule has 1 aromatic heterocycles. The highest BCUT2D eigenvalue weighted by atomic mass is 16.5. The SMILES string of the molecule is COC(=O)CCCc1ccc2cccc(O)c2n1. The van der Waals surface area contributed by atoms with Crippen molar-refractivity contribution in [3.05, 3.63) is 36.0 Å². The number of phenolic OH excluding ortho intramolecular Hbond substituents is 1. The molecule has 1 aromatic carbocycles. The van der Waals surface area contributed by atoms with Crippen molar-refractivity contribution in [2.45, 2.75) is 19.3 Å². The van der Waals surface area contributed by atoms with Crippen LogP contribution in [0.3, 0.4) is 0 Å². The average molecular weight is 245 g/mol. The van der Waals surface area contributed by atoms with Crippen LogP contribution in [0.4, 0.5) is 0 Å². The first-order chi connectivity index (χ1) is 8.70. The van der Waals surface area contributed by atoms with E-state index >= 15 is 0 Å². The number of methoxy groups -OCH3 is 1. The Hall–Kier alpha value is -2.10. The second-order valence-electron chi connectivity index (χ2n) is 4.08. The lowest BCUT2D eigenvalue weighted by Crippen LogP contribution is -2.01. The summed E-state index contributed by atoms with van der Waals surface area (Å²) in [4.78, 5) is 15.4. The zero-order valence-corrected chi connectivity index (χ0v) is 10.2. The van der Waals surface area contributed by atoms with Crippen LogP contribution in [-0.2, 0) is 16.0 Å². The number of rotatable bonds is 4. The van der Waals surface area contributed by atoms with Crippen LogP contribution in [0.25, 0.3) is 10.9 Å². The molecule has 94 valence electrons. The van der Waals surface area contributed by atoms with Crippen molar-refractivity contribution < 1.29 is 14.6 Å². The summed E-state index contributed by atoms with van der Waals surface area (Å²) in [7, 11) is 1.38. The summed E-state index contributed by atoms with van der Waals surface area (Å²) in [5, 5.41) is 10.6. The van der Waals surface area contributed by atoms with E-state index in [0.717, 1.165) is 11.1 Å². The van der Waals surface area contributed by atoms with Crippen LogP contribution in [0.5, 0.6) is 5.75 Å². The van der Waals surface area contributed by atoms with Gasteiger partial charge in [0.1, 0.15) is 11.3 Å². The molecule has 0 spiro atoms. The van der Waals surface area contributed by atoms with E-state index in [4.69, 9.17) is 0 Å². The minimum Gasteiger partial charge on any atom is -0.506 e. The van der Waals surface area contributed by atoms with E-state index in [1.165, 1.54) is 7.11 Å². The van der Waals surface area contributed by atoms with Gasteiger partial charge in [-0.25, -0.2) is 4.98 Å². The van der Waals surface area contributed by atoms with E-state index in [2.05, 4.69) is 9.72 Å². The fraction of sp³-hybridized carbons (Fsp3) is 0.286. The highest BCUT2D eigenvalue weighted by Crippen LogP contribution is 2.22. The molecule has 0 amide bonds. The minimum atomic E-state index is -0.210. The largest absolute Gasteiger partial charge is 0.506 e. The lowest BCUT2D eigenvalue weighted by atomic mass is 10.1. The predicted molar refractivity (Wildman–Crippen MR) is 68.4 cm³/mol. The first kappa shape index (κ1) is 12.4. The smallest absolute Gasteiger partial charge is 0.305 e. The van der Waals surface area contributed by atoms with Crippen LogP contribution in [-0.4, -0.2) is 23.2 Å². The number of benzene rings is 1. The Bertz CT molecular complexity index is 566. The third-order valence-electron chi connectivity index (χ3n) is 2.80. The van der Waals surface area contributed by atoms with Crippen molar-refractivity contribution >= 4 is 16.9 Å². The van der Waals surface area contributed by atoms with Crippen molar-refractivity contribution in [2.24, 2.45) is 0 Å². The molecule has 2 aromatic rings. The summed E-state index contributed by atoms with van der Waals surface area (Å²) >= 11 is 0. The number of aryl methyl sites for hydroxylation is 1. The van der Waals surface area contributed by atoms with Crippen molar-refractivity contribution in [1.82, 2.24) is 4.98 Å². The molecule has 0 atom stereocenters. The molecular weight excluding hydrogens is 230 g/mol. The molecule has 0 bridgehead atoms. The number of ether oxygens (including phenoxy) is 1. The van der Waals surface area contributed by atoms with Crippen LogP contribution < -0.4 is 0 Å². The molecule has 0 fully saturated rings. The number of aromatic hydroxyl groups is 1. The Morgan fingerprint density at radius 1 is 1.33 bits per heavy atom. The number of aromatic nitrogens is 1. The summed E-state index contributed by atoms with van der Waals surface area (Å²) < 4.78 is 4.58. The van der Waals surface area contributed by atoms with Gasteiger partial charge in [-0.3, -0.25) is 4.79 Å². The summed E-state index contributed by atoms with van der Waals surface area (Å²) in [5.74, 6) is -0.0269. The fourth-order valence-electron chi connectivity index (χ4n) is 1.83. The standard InChI is InChI=1S/C14H15NO3/c1-18-13(17)7-3-5-11-9-8-10-4-2-6-12(16)14(10)15-11/h2,4,6,8-9,16H,3,5,7H2,1H3. The van der Waals surface area contributed by atoms with Crippen molar-refractivity contribution in [1.29, 1.82) is 0 Å². The average Bonchev–Trinajstić information content (AvgIpc) is 2.39. The zero-order valence-electron chi connectivity index (χ0n) is 10.2. The lowest BCUT2D eigenvalue weighted by molar-refractivity contribution is -0.140. The third kappa shape index (κ3) is 2.77. The van der Waals surface area contributed by atoms with Crippen LogP contribution in [0.2, 0.25) is 0 Å². The molecule has 0 aliphatic rings. The number of nitrogens with zero attached hydrogens (tertiary/aromatic N) is 1. The van der Waals surface area contributed by atoms with Gasteiger partial charge in [-0.2, -0.15) is 0 Å². The van der Waals surface area contributed by atoms with E-state index in [1.54, 1.807) is 12.1 Å². The van der Waals surface area contributed by atoms with Crippen LogP contribution in [0, 0.1) is 0 Å². The normalized spacial score (nSPS) is 10.5. The van der Waals surface area contributed by atoms with Crippen LogP contribution >= 0.6 is 0 Å². The summed E-state index contributed by atoms with van der Waals surface area (Å²) in [6.45, 7) is 0. The number of pyridine rings is 1. The Morgan fingerprint density at radius 3 is 2.94 bits per heavy atom. The van der Waals surface area contributed by atoms with Gasteiger partial charge in [0.05, 0.1) is 7.11 Å². The van der Waals surface area contributed by atoms with Crippen LogP contribution in [0.1, 0.15) is 18.5 Å². The molecule has 4 nitrogen and oxygen atoms in total. The molecule has 0 saturated heterocycles. The van der Waals surface area contributed by atoms with Crippen LogP contribution in [0.15, 0.2) is 30.3 Å². The Labute approximate surface area is 105 Å². The molecule has 0 unspecified atom stereocenters. The first-order valence-electron chi connectivity index (χ1n) is 5.85. The van der Waals surface area contributed by atoms with Gasteiger partial charge in [0.25, 0.3) is 0 Å². The van der Waals surface area contributed by atoms with Gasteiger partial charge in [0, 0.05) is 17.5 Å². The summed E-state index contributed by atoms with van der Waals surface area (Å²) in [6.07, 6.45) is 1.77. The monoisotopic (exact) mass is 245 g/mol. The summed E-state index contributed by atoms with van der Waals surface area (Å²) in [5.41, 5.74) is 1.47. The van der Waals surface area contributed by atoms with E-state index < -0.39 is 0 Å². The van der Waals surface area contributed by atoms with Gasteiger partial charge in [0.15, 0.2) is 0 Å². The molecule has 2 rings (SSSR count). The molecule has 1 N–H and O–H groups in total. The third-order valence-corrected chi connectivity index (χ3v) is 2.80. The number of hydrogen-bond acceptors (Lipinski definition) is 4. The van der Waals surface area contributed by atoms with Gasteiger partial charge in [-0.1, -0.05) is 18.2 Å². The molecular formula is C14H15NO3. The number of phenols is 1. The predicted octanol–water partition coefficient (Wildman–Crippen LogP) is 2.44. The molecule has 4 heteroatoms. The maximum absolute atomic E-state index is 11.0. The van der Waals surface area contributed by atoms with E-state index in [0.29, 0.717) is 24.8 Å².